The summed E-state index contributed by atoms with van der Waals surface area (Å²) in [5.74, 6) is -0.512. The molecule has 0 bridgehead atoms. The van der Waals surface area contributed by atoms with E-state index in [-0.39, 0.29) is 58.9 Å². The van der Waals surface area contributed by atoms with Crippen molar-refractivity contribution in [3.05, 3.63) is 46.3 Å². The predicted octanol–water partition coefficient (Wildman–Crippen LogP) is 4.21. The minimum atomic E-state index is -0.977. The molecule has 0 aliphatic carbocycles. The molecule has 2 aromatic rings. The van der Waals surface area contributed by atoms with Gasteiger partial charge in [-0.2, -0.15) is 0 Å². The smallest absolute Gasteiger partial charge is 0.332 e. The van der Waals surface area contributed by atoms with Gasteiger partial charge in [0.2, 0.25) is 0 Å². The number of benzene rings is 1. The van der Waals surface area contributed by atoms with Crippen molar-refractivity contribution in [3.8, 4) is 11.5 Å². The largest absolute Gasteiger partial charge is 0.494 e. The van der Waals surface area contributed by atoms with Crippen molar-refractivity contribution >= 4 is 46.2 Å². The van der Waals surface area contributed by atoms with Gasteiger partial charge in [0.25, 0.3) is 5.91 Å². The number of ether oxygens (including phenoxy) is 3. The van der Waals surface area contributed by atoms with Crippen molar-refractivity contribution in [2.24, 2.45) is 0 Å². The maximum absolute atomic E-state index is 13.9. The number of Topliss-reactive ketones (excluding diaryl/α,β-unsaturated/α-hetero) is 1. The number of fused-ring (bicyclic) bond motifs is 1. The third kappa shape index (κ3) is 7.58. The van der Waals surface area contributed by atoms with Gasteiger partial charge in [-0.3, -0.25) is 15.0 Å². The number of aliphatic carboxylic acids is 1. The number of carbonyl (C=O) groups excluding carboxylic acids is 2. The molecule has 1 amide bonds. The van der Waals surface area contributed by atoms with Crippen molar-refractivity contribution < 1.29 is 33.7 Å². The molecule has 2 unspecified atom stereocenters. The van der Waals surface area contributed by atoms with Gasteiger partial charge in [0.15, 0.2) is 23.3 Å². The predicted molar refractivity (Wildman–Crippen MR) is 176 cm³/mol. The second-order valence-corrected chi connectivity index (χ2v) is 12.0. The Morgan fingerprint density at radius 3 is 2.49 bits per heavy atom. The maximum Gasteiger partial charge on any atom is 0.332 e. The van der Waals surface area contributed by atoms with Crippen molar-refractivity contribution in [3.63, 3.8) is 0 Å². The number of carboxylic acid groups (broad SMARTS) is 1. The summed E-state index contributed by atoms with van der Waals surface area (Å²) in [6, 6.07) is 5.39. The number of anilines is 1. The van der Waals surface area contributed by atoms with Crippen LogP contribution in [0.25, 0.3) is 0 Å². The quantitative estimate of drug-likeness (QED) is 0.276. The first-order valence-corrected chi connectivity index (χ1v) is 14.9. The summed E-state index contributed by atoms with van der Waals surface area (Å²) in [5.41, 5.74) is 2.89. The van der Waals surface area contributed by atoms with E-state index in [2.05, 4.69) is 36.0 Å². The molecule has 246 valence electrons. The Bertz CT molecular complexity index is 1460. The highest BCUT2D eigenvalue weighted by Gasteiger charge is 2.34. The summed E-state index contributed by atoms with van der Waals surface area (Å²) < 4.78 is 17.4. The topological polar surface area (TPSA) is 154 Å². The van der Waals surface area contributed by atoms with E-state index < -0.39 is 18.0 Å². The monoisotopic (exact) mass is 689 g/mol. The summed E-state index contributed by atoms with van der Waals surface area (Å²) in [4.78, 5) is 46.0. The normalized spacial score (nSPS) is 16.6. The van der Waals surface area contributed by atoms with E-state index in [1.54, 1.807) is 25.0 Å². The number of nitrogens with zero attached hydrogens (tertiary/aromatic N) is 3. The molecule has 1 aromatic heterocycles. The van der Waals surface area contributed by atoms with Crippen LogP contribution in [-0.2, 0) is 21.5 Å². The number of carboxylic acids is 1. The SMILES string of the molecule is Br.CCOc1cc2c(nc1C(=O)NC)C(=N)N(CC(=O)c1cc(N3CCC(OC(CC)C(=O)O)C3)c(OC)c(C(C)(C)C)c1)C2. The third-order valence-electron chi connectivity index (χ3n) is 7.94. The number of carbonyl (C=O) groups is 3. The second-order valence-electron chi connectivity index (χ2n) is 12.0. The van der Waals surface area contributed by atoms with Crippen molar-refractivity contribution in [1.29, 1.82) is 5.41 Å². The van der Waals surface area contributed by atoms with Gasteiger partial charge in [-0.1, -0.05) is 27.7 Å². The summed E-state index contributed by atoms with van der Waals surface area (Å²) in [6.45, 7) is 11.4. The van der Waals surface area contributed by atoms with Crippen LogP contribution in [0.4, 0.5) is 5.69 Å². The Kier molecular flexibility index (Phi) is 11.6. The second kappa shape index (κ2) is 14.6. The average Bonchev–Trinajstić information content (AvgIpc) is 3.57. The molecule has 2 aliphatic heterocycles. The fourth-order valence-electron chi connectivity index (χ4n) is 5.64. The van der Waals surface area contributed by atoms with Crippen LogP contribution in [0.1, 0.15) is 85.1 Å². The minimum absolute atomic E-state index is 0. The standard InChI is InChI=1S/C32H43N5O7.BrH/c1-8-24(31(40)41)44-20-10-11-36(16-20)22-13-18(12-21(28(22)42-7)32(3,4)5)23(38)17-37-15-19-14-25(43-9-2)27(30(39)34-6)35-26(19)29(37)33;/h12-14,20,24,33H,8-11,15-17H2,1-7H3,(H,34,39)(H,40,41);1H. The first-order valence-electron chi connectivity index (χ1n) is 14.9. The average molecular weight is 691 g/mol. The van der Waals surface area contributed by atoms with Crippen molar-refractivity contribution in [2.75, 3.05) is 45.3 Å². The lowest BCUT2D eigenvalue weighted by atomic mass is 9.84. The Balaban J connectivity index is 0.00000552. The Hall–Kier alpha value is -3.71. The number of pyridine rings is 1. The molecule has 0 saturated carbocycles. The number of rotatable bonds is 12. The van der Waals surface area contributed by atoms with Crippen molar-refractivity contribution in [1.82, 2.24) is 15.2 Å². The van der Waals surface area contributed by atoms with Crippen LogP contribution in [0, 0.1) is 5.41 Å². The molecule has 12 nitrogen and oxygen atoms in total. The highest BCUT2D eigenvalue weighted by Crippen LogP contribution is 2.42. The number of aromatic nitrogens is 1. The van der Waals surface area contributed by atoms with Gasteiger partial charge in [-0.15, -0.1) is 17.0 Å². The molecule has 3 N–H and O–H groups in total. The van der Waals surface area contributed by atoms with E-state index in [9.17, 15) is 19.5 Å². The summed E-state index contributed by atoms with van der Waals surface area (Å²) in [7, 11) is 3.11. The molecule has 45 heavy (non-hydrogen) atoms. The van der Waals surface area contributed by atoms with Gasteiger partial charge in [-0.25, -0.2) is 9.78 Å². The zero-order valence-electron chi connectivity index (χ0n) is 27.0. The van der Waals surface area contributed by atoms with Gasteiger partial charge >= 0.3 is 5.97 Å². The fourth-order valence-corrected chi connectivity index (χ4v) is 5.64. The summed E-state index contributed by atoms with van der Waals surface area (Å²) in [6.07, 6.45) is -0.117. The van der Waals surface area contributed by atoms with Crippen LogP contribution in [0.15, 0.2) is 18.2 Å². The van der Waals surface area contributed by atoms with Crippen LogP contribution in [0.5, 0.6) is 11.5 Å². The summed E-state index contributed by atoms with van der Waals surface area (Å²) in [5, 5.41) is 20.8. The van der Waals surface area contributed by atoms with Crippen LogP contribution in [0.3, 0.4) is 0 Å². The molecular formula is C32H44BrN5O7. The molecule has 0 spiro atoms. The summed E-state index contributed by atoms with van der Waals surface area (Å²) >= 11 is 0. The fraction of sp³-hybridized carbons (Fsp3) is 0.531. The molecule has 0 radical (unpaired) electrons. The van der Waals surface area contributed by atoms with Gasteiger partial charge in [-0.05, 0) is 43.4 Å². The van der Waals surface area contributed by atoms with E-state index in [0.29, 0.717) is 60.9 Å². The van der Waals surface area contributed by atoms with Gasteiger partial charge in [0.05, 0.1) is 32.1 Å². The van der Waals surface area contributed by atoms with Gasteiger partial charge in [0, 0.05) is 43.4 Å². The first-order chi connectivity index (χ1) is 20.8. The lowest BCUT2D eigenvalue weighted by Crippen LogP contribution is -2.32. The van der Waals surface area contributed by atoms with E-state index >= 15 is 0 Å². The molecule has 1 saturated heterocycles. The number of ketones is 1. The molecule has 2 aliphatic rings. The molecule has 2 atom stereocenters. The van der Waals surface area contributed by atoms with E-state index in [1.807, 2.05) is 19.1 Å². The number of amides is 1. The number of amidine groups is 1. The zero-order valence-corrected chi connectivity index (χ0v) is 28.7. The lowest BCUT2D eigenvalue weighted by Gasteiger charge is -2.29. The molecule has 13 heteroatoms. The van der Waals surface area contributed by atoms with Gasteiger partial charge in [0.1, 0.15) is 17.3 Å². The first kappa shape index (κ1) is 35.8. The van der Waals surface area contributed by atoms with Crippen LogP contribution < -0.4 is 19.7 Å². The van der Waals surface area contributed by atoms with Crippen LogP contribution in [-0.4, -0.2) is 91.1 Å². The molecule has 3 heterocycles. The zero-order chi connectivity index (χ0) is 32.3. The third-order valence-corrected chi connectivity index (χ3v) is 7.94. The minimum Gasteiger partial charge on any atom is -0.494 e. The Morgan fingerprint density at radius 2 is 1.91 bits per heavy atom. The van der Waals surface area contributed by atoms with E-state index in [0.717, 1.165) is 11.3 Å². The molecule has 1 aromatic carbocycles. The number of hydrogen-bond donors (Lipinski definition) is 3. The highest BCUT2D eigenvalue weighted by atomic mass is 79.9. The number of hydrogen-bond acceptors (Lipinski definition) is 9. The van der Waals surface area contributed by atoms with E-state index in [4.69, 9.17) is 19.6 Å². The van der Waals surface area contributed by atoms with E-state index in [1.165, 1.54) is 7.05 Å². The lowest BCUT2D eigenvalue weighted by molar-refractivity contribution is -0.153. The van der Waals surface area contributed by atoms with Crippen LogP contribution >= 0.6 is 17.0 Å². The highest BCUT2D eigenvalue weighted by molar-refractivity contribution is 8.93. The van der Waals surface area contributed by atoms with Gasteiger partial charge < -0.3 is 34.4 Å². The molecule has 4 rings (SSSR count). The van der Waals surface area contributed by atoms with Crippen molar-refractivity contribution in [2.45, 2.75) is 71.6 Å². The molecular weight excluding hydrogens is 646 g/mol. The maximum atomic E-state index is 13.9. The Morgan fingerprint density at radius 1 is 1.20 bits per heavy atom. The van der Waals surface area contributed by atoms with Crippen LogP contribution in [0.2, 0.25) is 0 Å². The molecule has 1 fully saturated rings. The Labute approximate surface area is 274 Å². The number of halogens is 1. The number of nitrogens with one attached hydrogen (secondary N) is 2. The number of methoxy groups -OCH3 is 1.